The van der Waals surface area contributed by atoms with Crippen molar-refractivity contribution in [3.8, 4) is 0 Å². The van der Waals surface area contributed by atoms with E-state index < -0.39 is 5.97 Å². The summed E-state index contributed by atoms with van der Waals surface area (Å²) in [6.45, 7) is 3.62. The van der Waals surface area contributed by atoms with E-state index >= 15 is 0 Å². The van der Waals surface area contributed by atoms with Crippen LogP contribution >= 0.6 is 0 Å². The van der Waals surface area contributed by atoms with Crippen LogP contribution in [-0.2, 0) is 9.53 Å². The lowest BCUT2D eigenvalue weighted by atomic mass is 9.84. The molecule has 4 heteroatoms. The standard InChI is InChI=1S/C14H25NO3/c16-13(17)12-14(6-5-10-18-11-7-14)15-8-3-1-2-4-9-15/h1-12H2,(H,16,17). The van der Waals surface area contributed by atoms with E-state index in [0.29, 0.717) is 6.61 Å². The van der Waals surface area contributed by atoms with Crippen molar-refractivity contribution in [1.29, 1.82) is 0 Å². The lowest BCUT2D eigenvalue weighted by Gasteiger charge is -2.42. The fraction of sp³-hybridized carbons (Fsp3) is 0.929. The molecule has 4 nitrogen and oxygen atoms in total. The van der Waals surface area contributed by atoms with Crippen LogP contribution < -0.4 is 0 Å². The van der Waals surface area contributed by atoms with E-state index in [2.05, 4.69) is 4.90 Å². The average Bonchev–Trinajstić information content (AvgIpc) is 2.70. The molecular weight excluding hydrogens is 230 g/mol. The molecule has 0 aliphatic carbocycles. The topological polar surface area (TPSA) is 49.8 Å². The third-order valence-corrected chi connectivity index (χ3v) is 4.40. The first-order chi connectivity index (χ1) is 8.73. The summed E-state index contributed by atoms with van der Waals surface area (Å²) in [6, 6.07) is 0. The normalized spacial score (nSPS) is 31.6. The number of aliphatic carboxylic acids is 1. The maximum absolute atomic E-state index is 11.2. The second-order valence-electron chi connectivity index (χ2n) is 5.66. The maximum atomic E-state index is 11.2. The Kier molecular flexibility index (Phi) is 5.01. The number of carboxylic acids is 1. The number of carbonyl (C=O) groups is 1. The number of likely N-dealkylation sites (tertiary alicyclic amines) is 1. The minimum Gasteiger partial charge on any atom is -0.481 e. The number of rotatable bonds is 3. The molecule has 0 radical (unpaired) electrons. The van der Waals surface area contributed by atoms with Gasteiger partial charge in [0.1, 0.15) is 0 Å². The van der Waals surface area contributed by atoms with Crippen molar-refractivity contribution in [1.82, 2.24) is 4.90 Å². The zero-order valence-electron chi connectivity index (χ0n) is 11.2. The van der Waals surface area contributed by atoms with Crippen LogP contribution in [0.5, 0.6) is 0 Å². The van der Waals surface area contributed by atoms with Gasteiger partial charge >= 0.3 is 5.97 Å². The Hall–Kier alpha value is -0.610. The first-order valence-corrected chi connectivity index (χ1v) is 7.28. The highest BCUT2D eigenvalue weighted by Gasteiger charge is 2.39. The Balaban J connectivity index is 2.12. The third-order valence-electron chi connectivity index (χ3n) is 4.40. The molecule has 2 fully saturated rings. The summed E-state index contributed by atoms with van der Waals surface area (Å²) in [5.74, 6) is -0.666. The molecule has 1 unspecified atom stereocenters. The highest BCUT2D eigenvalue weighted by atomic mass is 16.5. The molecule has 18 heavy (non-hydrogen) atoms. The molecule has 2 aliphatic heterocycles. The van der Waals surface area contributed by atoms with Crippen LogP contribution in [0.15, 0.2) is 0 Å². The fourth-order valence-corrected chi connectivity index (χ4v) is 3.42. The summed E-state index contributed by atoms with van der Waals surface area (Å²) in [4.78, 5) is 13.7. The van der Waals surface area contributed by atoms with Crippen LogP contribution in [0, 0.1) is 0 Å². The number of ether oxygens (including phenoxy) is 1. The lowest BCUT2D eigenvalue weighted by molar-refractivity contribution is -0.141. The van der Waals surface area contributed by atoms with E-state index in [-0.39, 0.29) is 12.0 Å². The van der Waals surface area contributed by atoms with E-state index in [1.54, 1.807) is 0 Å². The monoisotopic (exact) mass is 255 g/mol. The zero-order chi connectivity index (χ0) is 12.8. The van der Waals surface area contributed by atoms with Gasteiger partial charge in [-0.1, -0.05) is 12.8 Å². The van der Waals surface area contributed by atoms with Gasteiger partial charge in [0.15, 0.2) is 0 Å². The van der Waals surface area contributed by atoms with Crippen LogP contribution in [0.4, 0.5) is 0 Å². The predicted molar refractivity (Wildman–Crippen MR) is 69.7 cm³/mol. The van der Waals surface area contributed by atoms with Gasteiger partial charge in [-0.15, -0.1) is 0 Å². The molecule has 0 aromatic carbocycles. The molecule has 1 atom stereocenters. The smallest absolute Gasteiger partial charge is 0.305 e. The van der Waals surface area contributed by atoms with Crippen molar-refractivity contribution in [2.24, 2.45) is 0 Å². The van der Waals surface area contributed by atoms with E-state index in [1.165, 1.54) is 25.7 Å². The van der Waals surface area contributed by atoms with E-state index in [1.807, 2.05) is 0 Å². The van der Waals surface area contributed by atoms with Gasteiger partial charge < -0.3 is 9.84 Å². The SMILES string of the molecule is O=C(O)CC1(N2CCCCCC2)CCCOCC1. The van der Waals surface area contributed by atoms with Gasteiger partial charge in [0.25, 0.3) is 0 Å². The number of nitrogens with zero attached hydrogens (tertiary/aromatic N) is 1. The molecule has 1 N–H and O–H groups in total. The van der Waals surface area contributed by atoms with Gasteiger partial charge in [0.05, 0.1) is 6.42 Å². The fourth-order valence-electron chi connectivity index (χ4n) is 3.42. The second kappa shape index (κ2) is 6.53. The van der Waals surface area contributed by atoms with Crippen molar-refractivity contribution in [3.05, 3.63) is 0 Å². The summed E-state index contributed by atoms with van der Waals surface area (Å²) < 4.78 is 5.53. The van der Waals surface area contributed by atoms with Crippen molar-refractivity contribution >= 4 is 5.97 Å². The van der Waals surface area contributed by atoms with Gasteiger partial charge in [-0.2, -0.15) is 0 Å². The van der Waals surface area contributed by atoms with Gasteiger partial charge in [-0.3, -0.25) is 9.69 Å². The van der Waals surface area contributed by atoms with Gasteiger partial charge in [-0.05, 0) is 45.2 Å². The highest BCUT2D eigenvalue weighted by Crippen LogP contribution is 2.33. The van der Waals surface area contributed by atoms with E-state index in [9.17, 15) is 9.90 Å². The molecule has 0 aromatic rings. The lowest BCUT2D eigenvalue weighted by Crippen LogP contribution is -2.50. The minimum absolute atomic E-state index is 0.146. The molecule has 0 spiro atoms. The Morgan fingerprint density at radius 3 is 2.44 bits per heavy atom. The molecule has 2 aliphatic rings. The van der Waals surface area contributed by atoms with Crippen molar-refractivity contribution in [2.45, 2.75) is 56.9 Å². The first kappa shape index (κ1) is 13.8. The summed E-state index contributed by atoms with van der Waals surface area (Å²) in [7, 11) is 0. The minimum atomic E-state index is -0.666. The molecular formula is C14H25NO3. The Morgan fingerprint density at radius 2 is 1.78 bits per heavy atom. The molecule has 0 aromatic heterocycles. The van der Waals surface area contributed by atoms with Crippen molar-refractivity contribution in [3.63, 3.8) is 0 Å². The van der Waals surface area contributed by atoms with E-state index in [0.717, 1.165) is 39.0 Å². The number of carboxylic acid groups (broad SMARTS) is 1. The summed E-state index contributed by atoms with van der Waals surface area (Å²) >= 11 is 0. The molecule has 0 bridgehead atoms. The van der Waals surface area contributed by atoms with Crippen LogP contribution in [0.3, 0.4) is 0 Å². The second-order valence-corrected chi connectivity index (χ2v) is 5.66. The molecule has 2 rings (SSSR count). The molecule has 2 heterocycles. The van der Waals surface area contributed by atoms with Crippen LogP contribution in [0.25, 0.3) is 0 Å². The summed E-state index contributed by atoms with van der Waals surface area (Å²) in [5.41, 5.74) is -0.146. The quantitative estimate of drug-likeness (QED) is 0.840. The molecule has 2 saturated heterocycles. The van der Waals surface area contributed by atoms with Crippen LogP contribution in [0.2, 0.25) is 0 Å². The van der Waals surface area contributed by atoms with Crippen LogP contribution in [-0.4, -0.2) is 47.8 Å². The molecule has 0 saturated carbocycles. The Morgan fingerprint density at radius 1 is 1.06 bits per heavy atom. The summed E-state index contributed by atoms with van der Waals surface area (Å²) in [6.07, 6.45) is 8.11. The average molecular weight is 255 g/mol. The predicted octanol–water partition coefficient (Wildman–Crippen LogP) is 2.28. The number of hydrogen-bond acceptors (Lipinski definition) is 3. The first-order valence-electron chi connectivity index (χ1n) is 7.28. The largest absolute Gasteiger partial charge is 0.481 e. The van der Waals surface area contributed by atoms with Crippen molar-refractivity contribution in [2.75, 3.05) is 26.3 Å². The highest BCUT2D eigenvalue weighted by molar-refractivity contribution is 5.68. The number of hydrogen-bond donors (Lipinski definition) is 1. The molecule has 104 valence electrons. The van der Waals surface area contributed by atoms with Gasteiger partial charge in [0, 0.05) is 18.8 Å². The zero-order valence-corrected chi connectivity index (χ0v) is 11.2. The Labute approximate surface area is 109 Å². The third kappa shape index (κ3) is 3.45. The van der Waals surface area contributed by atoms with Crippen molar-refractivity contribution < 1.29 is 14.6 Å². The summed E-state index contributed by atoms with van der Waals surface area (Å²) in [5, 5.41) is 9.26. The maximum Gasteiger partial charge on any atom is 0.305 e. The van der Waals surface area contributed by atoms with Gasteiger partial charge in [0.2, 0.25) is 0 Å². The van der Waals surface area contributed by atoms with Gasteiger partial charge in [-0.25, -0.2) is 0 Å². The van der Waals surface area contributed by atoms with Crippen LogP contribution in [0.1, 0.15) is 51.4 Å². The molecule has 0 amide bonds. The Bertz CT molecular complexity index is 264. The van der Waals surface area contributed by atoms with E-state index in [4.69, 9.17) is 4.74 Å².